The summed E-state index contributed by atoms with van der Waals surface area (Å²) in [6.45, 7) is 1.53. The van der Waals surface area contributed by atoms with Gasteiger partial charge in [-0.25, -0.2) is 0 Å². The van der Waals surface area contributed by atoms with Gasteiger partial charge in [0.05, 0.1) is 38.1 Å². The lowest BCUT2D eigenvalue weighted by atomic mass is 9.90. The Morgan fingerprint density at radius 1 is 1.40 bits per heavy atom. The van der Waals surface area contributed by atoms with Gasteiger partial charge in [0.2, 0.25) is 0 Å². The molecule has 0 bridgehead atoms. The summed E-state index contributed by atoms with van der Waals surface area (Å²) in [5.74, 6) is -0.237. The van der Waals surface area contributed by atoms with Crippen molar-refractivity contribution in [1.82, 2.24) is 0 Å². The molecular weight excluding hydrogens is 202 g/mol. The van der Waals surface area contributed by atoms with Gasteiger partial charge in [0, 0.05) is 5.92 Å². The lowest BCUT2D eigenvalue weighted by Crippen LogP contribution is -2.59. The van der Waals surface area contributed by atoms with E-state index in [4.69, 9.17) is 25.4 Å². The summed E-state index contributed by atoms with van der Waals surface area (Å²) in [5, 5.41) is 27.4. The van der Waals surface area contributed by atoms with Crippen LogP contribution in [0.4, 0.5) is 0 Å². The quantitative estimate of drug-likeness (QED) is 0.439. The highest BCUT2D eigenvalue weighted by Gasteiger charge is 2.41. The molecule has 0 aliphatic carbocycles. The van der Waals surface area contributed by atoms with E-state index in [9.17, 15) is 5.11 Å². The molecule has 0 unspecified atom stereocenters. The summed E-state index contributed by atoms with van der Waals surface area (Å²) in [6, 6.07) is -0.658. The molecule has 5 N–H and O–H groups in total. The van der Waals surface area contributed by atoms with E-state index >= 15 is 0 Å². The summed E-state index contributed by atoms with van der Waals surface area (Å²) < 4.78 is 10.5. The predicted octanol–water partition coefficient (Wildman–Crippen LogP) is -1.96. The lowest BCUT2D eigenvalue weighted by Gasteiger charge is -2.41. The topological polar surface area (TPSA) is 105 Å². The van der Waals surface area contributed by atoms with Crippen LogP contribution in [0.5, 0.6) is 0 Å². The van der Waals surface area contributed by atoms with Crippen molar-refractivity contribution in [3.8, 4) is 0 Å². The predicted molar refractivity (Wildman–Crippen MR) is 51.9 cm³/mol. The second kappa shape index (κ2) is 5.74. The number of ether oxygens (including phenoxy) is 2. The molecule has 0 aromatic carbocycles. The molecule has 6 heteroatoms. The molecule has 1 heterocycles. The fourth-order valence-electron chi connectivity index (χ4n) is 1.65. The first-order valence-corrected chi connectivity index (χ1v) is 5.04. The van der Waals surface area contributed by atoms with Crippen molar-refractivity contribution >= 4 is 0 Å². The Morgan fingerprint density at radius 2 is 2.07 bits per heavy atom. The molecule has 1 aliphatic rings. The molecule has 0 aromatic rings. The van der Waals surface area contributed by atoms with Crippen LogP contribution < -0.4 is 5.73 Å². The average molecular weight is 221 g/mol. The van der Waals surface area contributed by atoms with Crippen molar-refractivity contribution in [2.75, 3.05) is 19.8 Å². The monoisotopic (exact) mass is 221 g/mol. The van der Waals surface area contributed by atoms with Crippen LogP contribution in [0.15, 0.2) is 0 Å². The van der Waals surface area contributed by atoms with Crippen LogP contribution >= 0.6 is 0 Å². The second-order valence-corrected chi connectivity index (χ2v) is 3.75. The number of aliphatic hydroxyl groups excluding tert-OH is 3. The highest BCUT2D eigenvalue weighted by atomic mass is 16.7. The molecule has 0 aromatic heterocycles. The van der Waals surface area contributed by atoms with E-state index in [0.717, 1.165) is 0 Å². The maximum absolute atomic E-state index is 9.76. The molecule has 0 radical (unpaired) electrons. The van der Waals surface area contributed by atoms with E-state index in [0.29, 0.717) is 0 Å². The van der Waals surface area contributed by atoms with E-state index in [1.807, 2.05) is 0 Å². The molecule has 1 fully saturated rings. The molecule has 0 spiro atoms. The zero-order valence-electron chi connectivity index (χ0n) is 8.74. The minimum atomic E-state index is -0.778. The van der Waals surface area contributed by atoms with Gasteiger partial charge in [0.25, 0.3) is 0 Å². The van der Waals surface area contributed by atoms with Gasteiger partial charge in [-0.2, -0.15) is 0 Å². The Bertz CT molecular complexity index is 189. The number of hydrogen-bond acceptors (Lipinski definition) is 6. The maximum atomic E-state index is 9.76. The first kappa shape index (κ1) is 12.8. The van der Waals surface area contributed by atoms with E-state index in [-0.39, 0.29) is 25.7 Å². The Morgan fingerprint density at radius 3 is 2.60 bits per heavy atom. The third-order valence-corrected chi connectivity index (χ3v) is 2.70. The molecule has 0 amide bonds. The molecule has 0 saturated carbocycles. The number of aliphatic hydroxyl groups is 3. The van der Waals surface area contributed by atoms with Gasteiger partial charge >= 0.3 is 0 Å². The van der Waals surface area contributed by atoms with Gasteiger partial charge in [0.1, 0.15) is 0 Å². The Hall–Kier alpha value is -0.240. The van der Waals surface area contributed by atoms with Crippen molar-refractivity contribution in [1.29, 1.82) is 0 Å². The standard InChI is InChI=1S/C9H19NO5/c1-5-6(4-12)15-9(14-3-2-11)7(10)8(5)13/h5-9,11-13H,2-4,10H2,1H3/t5-,6+,7+,8-,9+/m0/s1. The van der Waals surface area contributed by atoms with Crippen molar-refractivity contribution in [2.24, 2.45) is 11.7 Å². The SMILES string of the molecule is C[C@@H]1[C@H](O)[C@@H](N)[C@H](OCCO)O[C@@H]1CO. The molecule has 1 aliphatic heterocycles. The Balaban J connectivity index is 2.57. The van der Waals surface area contributed by atoms with Crippen LogP contribution in [0.1, 0.15) is 6.92 Å². The van der Waals surface area contributed by atoms with Crippen LogP contribution in [0.25, 0.3) is 0 Å². The Kier molecular flexibility index (Phi) is 4.91. The van der Waals surface area contributed by atoms with E-state index in [1.54, 1.807) is 6.92 Å². The fourth-order valence-corrected chi connectivity index (χ4v) is 1.65. The maximum Gasteiger partial charge on any atom is 0.175 e. The smallest absolute Gasteiger partial charge is 0.175 e. The Labute approximate surface area is 88.6 Å². The first-order chi connectivity index (χ1) is 7.11. The zero-order valence-corrected chi connectivity index (χ0v) is 8.74. The first-order valence-electron chi connectivity index (χ1n) is 5.04. The molecule has 5 atom stereocenters. The van der Waals surface area contributed by atoms with Crippen LogP contribution in [0, 0.1) is 5.92 Å². The average Bonchev–Trinajstić information content (AvgIpc) is 2.25. The summed E-state index contributed by atoms with van der Waals surface area (Å²) >= 11 is 0. The van der Waals surface area contributed by atoms with Crippen LogP contribution in [-0.2, 0) is 9.47 Å². The fraction of sp³-hybridized carbons (Fsp3) is 1.00. The van der Waals surface area contributed by atoms with Crippen LogP contribution in [0.3, 0.4) is 0 Å². The second-order valence-electron chi connectivity index (χ2n) is 3.75. The summed E-state index contributed by atoms with van der Waals surface area (Å²) in [4.78, 5) is 0. The van der Waals surface area contributed by atoms with Crippen molar-refractivity contribution in [2.45, 2.75) is 31.5 Å². The van der Waals surface area contributed by atoms with Crippen molar-refractivity contribution in [3.05, 3.63) is 0 Å². The highest BCUT2D eigenvalue weighted by Crippen LogP contribution is 2.25. The molecular formula is C9H19NO5. The molecule has 1 rings (SSSR count). The van der Waals surface area contributed by atoms with E-state index in [1.165, 1.54) is 0 Å². The largest absolute Gasteiger partial charge is 0.394 e. The van der Waals surface area contributed by atoms with E-state index < -0.39 is 24.5 Å². The minimum Gasteiger partial charge on any atom is -0.394 e. The molecule has 1 saturated heterocycles. The number of nitrogens with two attached hydrogens (primary N) is 1. The van der Waals surface area contributed by atoms with Gasteiger partial charge in [-0.05, 0) is 0 Å². The van der Waals surface area contributed by atoms with Crippen LogP contribution in [-0.4, -0.2) is 59.7 Å². The zero-order chi connectivity index (χ0) is 11.4. The van der Waals surface area contributed by atoms with Gasteiger partial charge in [-0.15, -0.1) is 0 Å². The van der Waals surface area contributed by atoms with E-state index in [2.05, 4.69) is 0 Å². The lowest BCUT2D eigenvalue weighted by molar-refractivity contribution is -0.251. The minimum absolute atomic E-state index is 0.0949. The number of hydrogen-bond donors (Lipinski definition) is 4. The molecule has 90 valence electrons. The summed E-state index contributed by atoms with van der Waals surface area (Å²) in [7, 11) is 0. The normalized spacial score (nSPS) is 41.8. The van der Waals surface area contributed by atoms with Gasteiger partial charge in [0.15, 0.2) is 6.29 Å². The molecule has 15 heavy (non-hydrogen) atoms. The third kappa shape index (κ3) is 2.87. The highest BCUT2D eigenvalue weighted by molar-refractivity contribution is 4.89. The number of rotatable bonds is 4. The van der Waals surface area contributed by atoms with Gasteiger partial charge in [-0.3, -0.25) is 0 Å². The summed E-state index contributed by atoms with van der Waals surface area (Å²) in [6.07, 6.45) is -2.04. The third-order valence-electron chi connectivity index (χ3n) is 2.70. The van der Waals surface area contributed by atoms with Gasteiger partial charge < -0.3 is 30.5 Å². The molecule has 6 nitrogen and oxygen atoms in total. The van der Waals surface area contributed by atoms with Crippen molar-refractivity contribution in [3.63, 3.8) is 0 Å². The summed E-state index contributed by atoms with van der Waals surface area (Å²) in [5.41, 5.74) is 5.71. The van der Waals surface area contributed by atoms with Crippen LogP contribution in [0.2, 0.25) is 0 Å². The van der Waals surface area contributed by atoms with Gasteiger partial charge in [-0.1, -0.05) is 6.92 Å². The van der Waals surface area contributed by atoms with Crippen molar-refractivity contribution < 1.29 is 24.8 Å².